The molecule has 0 spiro atoms. The minimum absolute atomic E-state index is 0.289. The summed E-state index contributed by atoms with van der Waals surface area (Å²) in [4.78, 5) is 4.01. The van der Waals surface area contributed by atoms with E-state index in [9.17, 15) is 8.42 Å². The maximum absolute atomic E-state index is 12.6. The first-order valence-electron chi connectivity index (χ1n) is 6.66. The van der Waals surface area contributed by atoms with Gasteiger partial charge < -0.3 is 5.73 Å². The molecule has 0 radical (unpaired) electrons. The summed E-state index contributed by atoms with van der Waals surface area (Å²) < 4.78 is 27.1. The molecule has 110 valence electrons. The Morgan fingerprint density at radius 1 is 1.21 bits per heavy atom. The number of sulfonamides is 1. The number of anilines is 1. The van der Waals surface area contributed by atoms with E-state index in [1.54, 1.807) is 11.2 Å². The Bertz CT molecular complexity index is 489. The Kier molecular flexibility index (Phi) is 6.22. The van der Waals surface area contributed by atoms with Crippen LogP contribution in [0.4, 0.5) is 5.13 Å². The fourth-order valence-electron chi connectivity index (χ4n) is 1.78. The molecule has 1 aromatic rings. The predicted molar refractivity (Wildman–Crippen MR) is 79.8 cm³/mol. The quantitative estimate of drug-likeness (QED) is 0.801. The molecule has 5 nitrogen and oxygen atoms in total. The highest BCUT2D eigenvalue weighted by molar-refractivity contribution is 7.91. The SMILES string of the molecule is CCCCN(CCCC)S(=O)(=O)c1sc(N)nc1C. The van der Waals surface area contributed by atoms with Gasteiger partial charge in [0.2, 0.25) is 0 Å². The number of thiazole rings is 1. The van der Waals surface area contributed by atoms with Crippen molar-refractivity contribution in [2.75, 3.05) is 18.8 Å². The molecule has 1 aromatic heterocycles. The highest BCUT2D eigenvalue weighted by Crippen LogP contribution is 2.28. The average molecular weight is 305 g/mol. The third-order valence-corrected chi connectivity index (χ3v) is 6.34. The van der Waals surface area contributed by atoms with E-state index in [1.807, 2.05) is 0 Å². The monoisotopic (exact) mass is 305 g/mol. The lowest BCUT2D eigenvalue weighted by atomic mass is 10.3. The first-order chi connectivity index (χ1) is 8.93. The van der Waals surface area contributed by atoms with Crippen LogP contribution < -0.4 is 5.73 Å². The number of hydrogen-bond donors (Lipinski definition) is 1. The highest BCUT2D eigenvalue weighted by Gasteiger charge is 2.28. The van der Waals surface area contributed by atoms with Crippen LogP contribution in [0, 0.1) is 6.92 Å². The van der Waals surface area contributed by atoms with Gasteiger partial charge in [-0.1, -0.05) is 38.0 Å². The maximum atomic E-state index is 12.6. The first-order valence-corrected chi connectivity index (χ1v) is 8.92. The van der Waals surface area contributed by atoms with Crippen LogP contribution in [-0.2, 0) is 10.0 Å². The fourth-order valence-corrected chi connectivity index (χ4v) is 4.73. The number of rotatable bonds is 8. The van der Waals surface area contributed by atoms with Crippen LogP contribution in [0.15, 0.2) is 4.21 Å². The summed E-state index contributed by atoms with van der Waals surface area (Å²) in [5.41, 5.74) is 6.10. The van der Waals surface area contributed by atoms with Gasteiger partial charge in [0, 0.05) is 13.1 Å². The Hall–Kier alpha value is -0.660. The molecular formula is C12H23N3O2S2. The van der Waals surface area contributed by atoms with Gasteiger partial charge in [-0.15, -0.1) is 0 Å². The van der Waals surface area contributed by atoms with Crippen molar-refractivity contribution in [1.82, 2.24) is 9.29 Å². The van der Waals surface area contributed by atoms with Crippen LogP contribution in [0.5, 0.6) is 0 Å². The van der Waals surface area contributed by atoms with Crippen LogP contribution in [0.2, 0.25) is 0 Å². The van der Waals surface area contributed by atoms with Crippen molar-refractivity contribution >= 4 is 26.5 Å². The molecule has 0 aliphatic rings. The molecule has 0 aliphatic carbocycles. The molecule has 1 heterocycles. The number of nitrogen functional groups attached to an aromatic ring is 1. The normalized spacial score (nSPS) is 12.2. The third-order valence-electron chi connectivity index (χ3n) is 2.87. The zero-order valence-corrected chi connectivity index (χ0v) is 13.5. The first kappa shape index (κ1) is 16.4. The largest absolute Gasteiger partial charge is 0.375 e. The van der Waals surface area contributed by atoms with E-state index >= 15 is 0 Å². The summed E-state index contributed by atoms with van der Waals surface area (Å²) in [5, 5.41) is 0.307. The van der Waals surface area contributed by atoms with E-state index < -0.39 is 10.0 Å². The van der Waals surface area contributed by atoms with Gasteiger partial charge in [0.05, 0.1) is 5.69 Å². The van der Waals surface area contributed by atoms with E-state index in [0.29, 0.717) is 23.9 Å². The summed E-state index contributed by atoms with van der Waals surface area (Å²) in [6.45, 7) is 6.94. The van der Waals surface area contributed by atoms with Crippen LogP contribution in [-0.4, -0.2) is 30.8 Å². The van der Waals surface area contributed by atoms with E-state index in [0.717, 1.165) is 37.0 Å². The third kappa shape index (κ3) is 4.15. The molecule has 0 saturated heterocycles. The molecule has 2 N–H and O–H groups in total. The van der Waals surface area contributed by atoms with Crippen molar-refractivity contribution in [1.29, 1.82) is 0 Å². The van der Waals surface area contributed by atoms with Crippen molar-refractivity contribution in [2.45, 2.75) is 50.7 Å². The smallest absolute Gasteiger partial charge is 0.254 e. The maximum Gasteiger partial charge on any atom is 0.254 e. The Labute approximate surface area is 119 Å². The lowest BCUT2D eigenvalue weighted by molar-refractivity contribution is 0.396. The highest BCUT2D eigenvalue weighted by atomic mass is 32.2. The summed E-state index contributed by atoms with van der Waals surface area (Å²) in [6.07, 6.45) is 3.69. The second kappa shape index (κ2) is 7.21. The molecule has 0 aromatic carbocycles. The Morgan fingerprint density at radius 2 is 1.74 bits per heavy atom. The molecule has 7 heteroatoms. The molecule has 0 amide bonds. The minimum atomic E-state index is -3.45. The van der Waals surface area contributed by atoms with Crippen LogP contribution in [0.1, 0.15) is 45.2 Å². The topological polar surface area (TPSA) is 76.3 Å². The molecule has 19 heavy (non-hydrogen) atoms. The average Bonchev–Trinajstić information content (AvgIpc) is 2.69. The van der Waals surface area contributed by atoms with E-state index in [4.69, 9.17) is 5.73 Å². The number of aromatic nitrogens is 1. The van der Waals surface area contributed by atoms with Gasteiger partial charge in [-0.25, -0.2) is 13.4 Å². The lowest BCUT2D eigenvalue weighted by Gasteiger charge is -2.21. The predicted octanol–water partition coefficient (Wildman–Crippen LogP) is 2.62. The molecule has 0 unspecified atom stereocenters. The van der Waals surface area contributed by atoms with Gasteiger partial charge >= 0.3 is 0 Å². The van der Waals surface area contributed by atoms with Crippen molar-refractivity contribution in [3.63, 3.8) is 0 Å². The molecule has 1 rings (SSSR count). The lowest BCUT2D eigenvalue weighted by Crippen LogP contribution is -2.32. The fraction of sp³-hybridized carbons (Fsp3) is 0.750. The second-order valence-corrected chi connectivity index (χ2v) is 7.70. The van der Waals surface area contributed by atoms with Gasteiger partial charge in [0.1, 0.15) is 0 Å². The van der Waals surface area contributed by atoms with Gasteiger partial charge in [-0.05, 0) is 19.8 Å². The van der Waals surface area contributed by atoms with E-state index in [2.05, 4.69) is 18.8 Å². The van der Waals surface area contributed by atoms with Gasteiger partial charge in [-0.3, -0.25) is 0 Å². The second-order valence-electron chi connectivity index (χ2n) is 4.54. The van der Waals surface area contributed by atoms with E-state index in [-0.39, 0.29) is 4.21 Å². The standard InChI is InChI=1S/C12H23N3O2S2/c1-4-6-8-15(9-7-5-2)19(16,17)11-10(3)14-12(13)18-11/h4-9H2,1-3H3,(H2,13,14). The number of nitrogens with zero attached hydrogens (tertiary/aromatic N) is 2. The zero-order valence-electron chi connectivity index (χ0n) is 11.8. The summed E-state index contributed by atoms with van der Waals surface area (Å²) in [6, 6.07) is 0. The van der Waals surface area contributed by atoms with Crippen molar-refractivity contribution in [3.8, 4) is 0 Å². The molecule has 0 bridgehead atoms. The van der Waals surface area contributed by atoms with Gasteiger partial charge in [0.15, 0.2) is 9.34 Å². The number of aryl methyl sites for hydroxylation is 1. The molecule has 0 fully saturated rings. The van der Waals surface area contributed by atoms with Crippen molar-refractivity contribution in [3.05, 3.63) is 5.69 Å². The van der Waals surface area contributed by atoms with Gasteiger partial charge in [-0.2, -0.15) is 4.31 Å². The van der Waals surface area contributed by atoms with Crippen molar-refractivity contribution < 1.29 is 8.42 Å². The van der Waals surface area contributed by atoms with Gasteiger partial charge in [0.25, 0.3) is 10.0 Å². The number of nitrogens with two attached hydrogens (primary N) is 1. The number of unbranched alkanes of at least 4 members (excludes halogenated alkanes) is 2. The zero-order chi connectivity index (χ0) is 14.5. The van der Waals surface area contributed by atoms with Crippen LogP contribution >= 0.6 is 11.3 Å². The molecule has 0 atom stereocenters. The summed E-state index contributed by atoms with van der Waals surface area (Å²) >= 11 is 1.05. The van der Waals surface area contributed by atoms with Crippen LogP contribution in [0.3, 0.4) is 0 Å². The van der Waals surface area contributed by atoms with E-state index in [1.165, 1.54) is 0 Å². The molecule has 0 saturated carbocycles. The number of hydrogen-bond acceptors (Lipinski definition) is 5. The van der Waals surface area contributed by atoms with Crippen LogP contribution in [0.25, 0.3) is 0 Å². The Morgan fingerprint density at radius 3 is 2.11 bits per heavy atom. The van der Waals surface area contributed by atoms with Crippen molar-refractivity contribution in [2.24, 2.45) is 0 Å². The summed E-state index contributed by atoms with van der Waals surface area (Å²) in [7, 11) is -3.45. The molecule has 0 aliphatic heterocycles. The molecular weight excluding hydrogens is 282 g/mol. The minimum Gasteiger partial charge on any atom is -0.375 e. The Balaban J connectivity index is 3.00. The summed E-state index contributed by atoms with van der Waals surface area (Å²) in [5.74, 6) is 0.